The molecular weight excluding hydrogens is 704 g/mol. The smallest absolute Gasteiger partial charge is 0.387 e. The molecule has 0 aromatic carbocycles. The zero-order valence-corrected chi connectivity index (χ0v) is 27.4. The van der Waals surface area contributed by atoms with Crippen molar-refractivity contribution in [2.24, 2.45) is 5.73 Å². The maximum atomic E-state index is 12.7. The number of terminal acetylenes is 1. The average Bonchev–Trinajstić information content (AvgIpc) is 3.81. The number of hydrogen-bond acceptors (Lipinski definition) is 18. The summed E-state index contributed by atoms with van der Waals surface area (Å²) in [6.07, 6.45) is -3.02. The molecule has 3 fully saturated rings. The lowest BCUT2D eigenvalue weighted by Gasteiger charge is -2.24. The molecule has 3 saturated heterocycles. The van der Waals surface area contributed by atoms with E-state index in [0.717, 1.165) is 11.3 Å². The molecular formula is C24H29N7O14P2S. The summed E-state index contributed by atoms with van der Waals surface area (Å²) in [7, 11) is -10.7. The van der Waals surface area contributed by atoms with E-state index in [-0.39, 0.29) is 28.5 Å². The zero-order valence-electron chi connectivity index (χ0n) is 24.8. The van der Waals surface area contributed by atoms with Crippen molar-refractivity contribution >= 4 is 49.9 Å². The molecule has 260 valence electrons. The minimum Gasteiger partial charge on any atom is -0.387 e. The highest BCUT2D eigenvalue weighted by molar-refractivity contribution is 7.61. The maximum absolute atomic E-state index is 12.7. The number of primary amides is 1. The highest BCUT2D eigenvalue weighted by Crippen LogP contribution is 2.61. The van der Waals surface area contributed by atoms with E-state index >= 15 is 0 Å². The molecule has 8 N–H and O–H groups in total. The largest absolute Gasteiger partial charge is 0.481 e. The van der Waals surface area contributed by atoms with Crippen LogP contribution in [0.3, 0.4) is 0 Å². The number of ether oxygens (including phenoxy) is 4. The Morgan fingerprint density at radius 3 is 2.40 bits per heavy atom. The highest BCUT2D eigenvalue weighted by Gasteiger charge is 2.57. The van der Waals surface area contributed by atoms with Gasteiger partial charge in [0.25, 0.3) is 5.91 Å². The molecule has 1 amide bonds. The Morgan fingerprint density at radius 2 is 1.75 bits per heavy atom. The van der Waals surface area contributed by atoms with Gasteiger partial charge in [-0.1, -0.05) is 0 Å². The van der Waals surface area contributed by atoms with E-state index in [1.807, 2.05) is 0 Å². The van der Waals surface area contributed by atoms with Gasteiger partial charge in [0.1, 0.15) is 58.9 Å². The van der Waals surface area contributed by atoms with E-state index < -0.39 is 89.5 Å². The van der Waals surface area contributed by atoms with Crippen LogP contribution in [0.25, 0.3) is 11.2 Å². The summed E-state index contributed by atoms with van der Waals surface area (Å²) < 4.78 is 64.1. The molecule has 3 aliphatic rings. The lowest BCUT2D eigenvalue weighted by Crippen LogP contribution is -2.33. The number of carbonyl (C=O) groups is 1. The molecule has 21 nitrogen and oxygen atoms in total. The van der Waals surface area contributed by atoms with Crippen LogP contribution >= 0.6 is 27.0 Å². The zero-order chi connectivity index (χ0) is 34.8. The topological polar surface area (TPSA) is 305 Å². The molecule has 6 heterocycles. The Balaban J connectivity index is 1.07. The van der Waals surface area contributed by atoms with E-state index in [1.54, 1.807) is 13.8 Å². The van der Waals surface area contributed by atoms with Crippen molar-refractivity contribution in [2.75, 3.05) is 18.9 Å². The first-order valence-corrected chi connectivity index (χ1v) is 17.7. The van der Waals surface area contributed by atoms with Gasteiger partial charge in [0.15, 0.2) is 23.5 Å². The van der Waals surface area contributed by atoms with Gasteiger partial charge >= 0.3 is 15.6 Å². The number of thiazole rings is 1. The van der Waals surface area contributed by atoms with Gasteiger partial charge in [-0.25, -0.2) is 29.1 Å². The Bertz CT molecular complexity index is 1870. The number of nitrogens with two attached hydrogens (primary N) is 2. The number of rotatable bonds is 11. The second-order valence-corrected chi connectivity index (χ2v) is 15.1. The number of phosphoric acid groups is 2. The first-order valence-electron chi connectivity index (χ1n) is 13.9. The molecule has 0 bridgehead atoms. The van der Waals surface area contributed by atoms with Gasteiger partial charge in [-0.15, -0.1) is 17.8 Å². The van der Waals surface area contributed by atoms with E-state index in [0.29, 0.717) is 5.01 Å². The van der Waals surface area contributed by atoms with E-state index in [9.17, 15) is 33.9 Å². The third-order valence-corrected chi connectivity index (χ3v) is 10.9. The number of anilines is 1. The Hall–Kier alpha value is -2.97. The molecule has 0 radical (unpaired) electrons. The molecule has 0 spiro atoms. The number of aliphatic hydroxyl groups is 2. The summed E-state index contributed by atoms with van der Waals surface area (Å²) >= 11 is 1.08. The normalized spacial score (nSPS) is 32.1. The number of aromatic nitrogens is 5. The predicted octanol–water partition coefficient (Wildman–Crippen LogP) is -0.525. The highest BCUT2D eigenvalue weighted by atomic mass is 32.1. The lowest BCUT2D eigenvalue weighted by atomic mass is 10.1. The molecule has 3 aliphatic heterocycles. The van der Waals surface area contributed by atoms with E-state index in [2.05, 4.69) is 30.2 Å². The average molecular weight is 734 g/mol. The van der Waals surface area contributed by atoms with E-state index in [1.165, 1.54) is 16.3 Å². The van der Waals surface area contributed by atoms with Crippen molar-refractivity contribution < 1.29 is 66.2 Å². The SMILES string of the molecule is C#Cc1nc(N)c2ncn([C@@H]3O[C@H](COP(=O)(O)OP(=O)(O)OC[C@H]4O[C@@H](c5nc(C(N)=O)cs5)[C@@H]5OC(C)(C)O[C@@H]54)[C@@H](O)[C@H]3O)c2n1. The summed E-state index contributed by atoms with van der Waals surface area (Å²) in [5.74, 6) is 0.279. The van der Waals surface area contributed by atoms with Crippen LogP contribution in [0.1, 0.15) is 47.5 Å². The molecule has 6 rings (SSSR count). The van der Waals surface area contributed by atoms with Crippen LogP contribution in [0, 0.1) is 12.3 Å². The monoisotopic (exact) mass is 733 g/mol. The number of imidazole rings is 1. The van der Waals surface area contributed by atoms with Gasteiger partial charge in [0.2, 0.25) is 5.82 Å². The fraction of sp³-hybridized carbons (Fsp3) is 0.542. The maximum Gasteiger partial charge on any atom is 0.481 e. The van der Waals surface area contributed by atoms with Crippen LogP contribution in [-0.4, -0.2) is 106 Å². The third-order valence-electron chi connectivity index (χ3n) is 7.37. The van der Waals surface area contributed by atoms with Crippen molar-refractivity contribution in [3.05, 3.63) is 28.2 Å². The molecule has 48 heavy (non-hydrogen) atoms. The number of fused-ring (bicyclic) bond motifs is 2. The standard InChI is InChI=1S/C24H29N7O14P2S/c1-4-12-29-19(25)13-21(30-12)31(8-27-13)23-15(33)14(32)10(42-23)5-39-46(35,36)45-47(37,38)40-6-11-16-17(44-24(2,3)43-16)18(41-11)22-28-9(7-48-22)20(26)34/h1,7-8,10-11,14-18,23,32-33H,5-6H2,2-3H3,(H2,26,34)(H,35,36)(H,37,38)(H2,25,29,30)/t10-,11-,14-,15-,16-,17-,18-,23-/m1/s1. The number of phosphoric ester groups is 2. The number of nitrogen functional groups attached to an aromatic ring is 1. The van der Waals surface area contributed by atoms with Gasteiger partial charge in [0.05, 0.1) is 19.5 Å². The Morgan fingerprint density at radius 1 is 1.08 bits per heavy atom. The fourth-order valence-corrected chi connectivity index (χ4v) is 8.31. The van der Waals surface area contributed by atoms with Crippen molar-refractivity contribution in [3.63, 3.8) is 0 Å². The van der Waals surface area contributed by atoms with Crippen molar-refractivity contribution in [3.8, 4) is 12.3 Å². The van der Waals surface area contributed by atoms with Crippen LogP contribution in [0.15, 0.2) is 11.7 Å². The quantitative estimate of drug-likeness (QED) is 0.107. The molecule has 0 saturated carbocycles. The molecule has 3 aromatic heterocycles. The van der Waals surface area contributed by atoms with Crippen LogP contribution < -0.4 is 11.5 Å². The number of nitrogens with zero attached hydrogens (tertiary/aromatic N) is 5. The number of aliphatic hydroxyl groups excluding tert-OH is 2. The summed E-state index contributed by atoms with van der Waals surface area (Å²) in [4.78, 5) is 48.2. The fourth-order valence-electron chi connectivity index (χ4n) is 5.35. The molecule has 2 unspecified atom stereocenters. The first kappa shape index (κ1) is 34.9. The predicted molar refractivity (Wildman–Crippen MR) is 158 cm³/mol. The van der Waals surface area contributed by atoms with Gasteiger partial charge < -0.3 is 50.4 Å². The minimum atomic E-state index is -5.36. The Labute approximate surface area is 274 Å². The molecule has 0 aliphatic carbocycles. The van der Waals surface area contributed by atoms with Crippen LogP contribution in [-0.2, 0) is 41.4 Å². The Kier molecular flexibility index (Phi) is 9.25. The van der Waals surface area contributed by atoms with Crippen LogP contribution in [0.4, 0.5) is 5.82 Å². The number of hydrogen-bond donors (Lipinski definition) is 6. The van der Waals surface area contributed by atoms with Gasteiger partial charge in [-0.3, -0.25) is 18.4 Å². The van der Waals surface area contributed by atoms with Gasteiger partial charge in [-0.2, -0.15) is 4.31 Å². The van der Waals surface area contributed by atoms with Crippen LogP contribution in [0.2, 0.25) is 0 Å². The number of carbonyl (C=O) groups excluding carboxylic acids is 1. The summed E-state index contributed by atoms with van der Waals surface area (Å²) in [5, 5.41) is 23.0. The number of amides is 1. The second-order valence-electron chi connectivity index (χ2n) is 11.2. The summed E-state index contributed by atoms with van der Waals surface area (Å²) in [5.41, 5.74) is 11.4. The molecule has 3 aromatic rings. The van der Waals surface area contributed by atoms with Gasteiger partial charge in [0, 0.05) is 5.38 Å². The summed E-state index contributed by atoms with van der Waals surface area (Å²) in [6, 6.07) is 0. The minimum absolute atomic E-state index is 0.00848. The summed E-state index contributed by atoms with van der Waals surface area (Å²) in [6.45, 7) is 1.71. The van der Waals surface area contributed by atoms with E-state index in [4.69, 9.17) is 45.9 Å². The molecule has 10 atom stereocenters. The van der Waals surface area contributed by atoms with Gasteiger partial charge in [-0.05, 0) is 19.8 Å². The lowest BCUT2D eigenvalue weighted by molar-refractivity contribution is -0.190. The first-order chi connectivity index (χ1) is 22.5. The molecule has 24 heteroatoms. The second kappa shape index (κ2) is 12.7. The van der Waals surface area contributed by atoms with Crippen molar-refractivity contribution in [2.45, 2.75) is 68.6 Å². The van der Waals surface area contributed by atoms with Crippen LogP contribution in [0.5, 0.6) is 0 Å². The van der Waals surface area contributed by atoms with Crippen molar-refractivity contribution in [1.29, 1.82) is 0 Å². The van der Waals surface area contributed by atoms with Crippen molar-refractivity contribution in [1.82, 2.24) is 24.5 Å². The third kappa shape index (κ3) is 6.89.